The highest BCUT2D eigenvalue weighted by molar-refractivity contribution is 5.68. The first-order valence-corrected chi connectivity index (χ1v) is 8.87. The number of fused-ring (bicyclic) bond motifs is 1. The first kappa shape index (κ1) is 19.5. The minimum atomic E-state index is -1.51. The molecule has 1 saturated heterocycles. The van der Waals surface area contributed by atoms with Gasteiger partial charge in [0.1, 0.15) is 42.0 Å². The molecule has 5 atom stereocenters. The van der Waals surface area contributed by atoms with Gasteiger partial charge < -0.3 is 39.3 Å². The van der Waals surface area contributed by atoms with E-state index in [0.717, 1.165) is 0 Å². The Hall–Kier alpha value is -2.77. The average Bonchev–Trinajstić information content (AvgIpc) is 3.40. The molecule has 0 radical (unpaired) electrons. The van der Waals surface area contributed by atoms with Crippen molar-refractivity contribution in [2.75, 3.05) is 13.7 Å². The van der Waals surface area contributed by atoms with Crippen LogP contribution in [0.1, 0.15) is 12.0 Å². The summed E-state index contributed by atoms with van der Waals surface area (Å²) in [7, 11) is 1.50. The van der Waals surface area contributed by atoms with E-state index in [4.69, 9.17) is 13.9 Å². The third-order valence-corrected chi connectivity index (χ3v) is 4.76. The number of hydrogen-bond donors (Lipinski definition) is 5. The van der Waals surface area contributed by atoms with Crippen molar-refractivity contribution in [1.82, 2.24) is 19.5 Å². The molecule has 0 amide bonds. The maximum absolute atomic E-state index is 10.4. The van der Waals surface area contributed by atoms with E-state index >= 15 is 0 Å². The van der Waals surface area contributed by atoms with Crippen molar-refractivity contribution in [2.45, 2.75) is 37.2 Å². The lowest BCUT2D eigenvalue weighted by molar-refractivity contribution is -0.250. The van der Waals surface area contributed by atoms with Crippen LogP contribution in [-0.4, -0.2) is 78.1 Å². The van der Waals surface area contributed by atoms with Gasteiger partial charge in [0.05, 0.1) is 26.6 Å². The van der Waals surface area contributed by atoms with E-state index in [1.165, 1.54) is 24.3 Å². The van der Waals surface area contributed by atoms with Gasteiger partial charge >= 0.3 is 0 Å². The van der Waals surface area contributed by atoms with Crippen LogP contribution in [0.25, 0.3) is 11.2 Å². The minimum Gasteiger partial charge on any atom is -0.468 e. The van der Waals surface area contributed by atoms with Crippen LogP contribution in [0.15, 0.2) is 34.2 Å². The second kappa shape index (κ2) is 7.93. The Kier molecular flexibility index (Phi) is 5.34. The van der Waals surface area contributed by atoms with Gasteiger partial charge in [-0.15, -0.1) is 0 Å². The normalized spacial score (nSPS) is 28.2. The number of imidazole rings is 1. The molecular weight excluding hydrogens is 386 g/mol. The third kappa shape index (κ3) is 3.52. The second-order valence-electron chi connectivity index (χ2n) is 6.54. The topological polar surface area (TPSA) is 171 Å². The van der Waals surface area contributed by atoms with Crippen molar-refractivity contribution in [3.63, 3.8) is 0 Å². The Bertz CT molecular complexity index is 1040. The number of aliphatic hydroxyl groups excluding tert-OH is 4. The van der Waals surface area contributed by atoms with Crippen LogP contribution in [-0.2, 0) is 11.3 Å². The molecule has 1 aliphatic heterocycles. The molecule has 1 unspecified atom stereocenters. The highest BCUT2D eigenvalue weighted by Crippen LogP contribution is 2.29. The standard InChI is InChI=1S/C17H21N5O7/c1-27-10-3-2-8(28-10)4-18-15-11-16(20-6-19-11)22(7-21-15)17-14(26)13(25)12(24)9(5-23)29-17/h2-3,6-7,9,12-14,17,23-26H,4-5H2,1H3,(H,19,20)/t9-,12-,13+,14-,17?/m1/s1. The predicted molar refractivity (Wildman–Crippen MR) is 95.4 cm³/mol. The zero-order valence-corrected chi connectivity index (χ0v) is 15.4. The van der Waals surface area contributed by atoms with Crippen LogP contribution < -0.4 is 10.2 Å². The van der Waals surface area contributed by atoms with Gasteiger partial charge in [-0.25, -0.2) is 9.97 Å². The quantitative estimate of drug-likeness (QED) is 0.335. The lowest BCUT2D eigenvalue weighted by Gasteiger charge is -2.40. The van der Waals surface area contributed by atoms with E-state index in [-0.39, 0.29) is 6.54 Å². The molecule has 4 heterocycles. The molecule has 5 N–H and O–H groups in total. The molecule has 29 heavy (non-hydrogen) atoms. The third-order valence-electron chi connectivity index (χ3n) is 4.76. The van der Waals surface area contributed by atoms with Crippen LogP contribution in [0.4, 0.5) is 0 Å². The summed E-state index contributed by atoms with van der Waals surface area (Å²) in [5, 5.41) is 39.8. The molecule has 0 saturated carbocycles. The van der Waals surface area contributed by atoms with E-state index in [0.29, 0.717) is 28.4 Å². The number of ether oxygens (including phenoxy) is 2. The van der Waals surface area contributed by atoms with E-state index < -0.39 is 37.3 Å². The number of furan rings is 1. The van der Waals surface area contributed by atoms with Gasteiger partial charge in [0.15, 0.2) is 17.4 Å². The summed E-state index contributed by atoms with van der Waals surface area (Å²) >= 11 is 0. The first-order chi connectivity index (χ1) is 14.0. The summed E-state index contributed by atoms with van der Waals surface area (Å²) in [4.78, 5) is 15.9. The molecule has 1 aliphatic rings. The predicted octanol–water partition coefficient (Wildman–Crippen LogP) is -1.57. The fraction of sp³-hybridized carbons (Fsp3) is 0.471. The van der Waals surface area contributed by atoms with Crippen molar-refractivity contribution >= 4 is 11.2 Å². The number of rotatable bonds is 5. The van der Waals surface area contributed by atoms with Crippen molar-refractivity contribution in [1.29, 1.82) is 0 Å². The molecule has 1 fully saturated rings. The number of aromatic nitrogens is 4. The molecule has 3 aromatic heterocycles. The van der Waals surface area contributed by atoms with Gasteiger partial charge in [-0.05, 0) is 6.07 Å². The van der Waals surface area contributed by atoms with Crippen LogP contribution in [0.3, 0.4) is 0 Å². The number of nitrogens with zero attached hydrogens (tertiary/aromatic N) is 4. The summed E-state index contributed by atoms with van der Waals surface area (Å²) in [5.74, 6) is 0.963. The van der Waals surface area contributed by atoms with Crippen LogP contribution in [0, 0.1) is 0 Å². The average molecular weight is 407 g/mol. The van der Waals surface area contributed by atoms with Crippen molar-refractivity contribution < 1.29 is 34.3 Å². The molecule has 3 aromatic rings. The SMILES string of the molecule is COc1ccc(CN=c2ncn(C3O[C@H](CO)[C@@H](O)[C@H](O)[C@H]3O)c3nc[nH]c23)o1. The summed E-state index contributed by atoms with van der Waals surface area (Å²) in [6.07, 6.45) is -3.79. The van der Waals surface area contributed by atoms with Crippen LogP contribution in [0.5, 0.6) is 5.95 Å². The molecule has 4 rings (SSSR count). The van der Waals surface area contributed by atoms with E-state index in [9.17, 15) is 20.4 Å². The summed E-state index contributed by atoms with van der Waals surface area (Å²) in [6, 6.07) is 3.42. The molecule has 156 valence electrons. The molecule has 0 aromatic carbocycles. The van der Waals surface area contributed by atoms with Gasteiger partial charge in [-0.3, -0.25) is 9.56 Å². The van der Waals surface area contributed by atoms with E-state index in [1.807, 2.05) is 0 Å². The monoisotopic (exact) mass is 407 g/mol. The maximum atomic E-state index is 10.4. The van der Waals surface area contributed by atoms with Gasteiger partial charge in [-0.2, -0.15) is 0 Å². The molecule has 0 bridgehead atoms. The summed E-state index contributed by atoms with van der Waals surface area (Å²) in [6.45, 7) is -0.312. The lowest BCUT2D eigenvalue weighted by Crippen LogP contribution is -2.56. The number of H-pyrrole nitrogens is 1. The largest absolute Gasteiger partial charge is 0.468 e. The number of hydrogen-bond acceptors (Lipinski definition) is 10. The number of aliphatic hydroxyl groups is 4. The van der Waals surface area contributed by atoms with Gasteiger partial charge in [0.2, 0.25) is 0 Å². The number of nitrogens with one attached hydrogen (secondary N) is 1. The Morgan fingerprint density at radius 3 is 2.76 bits per heavy atom. The molecule has 12 nitrogen and oxygen atoms in total. The Balaban J connectivity index is 1.68. The van der Waals surface area contributed by atoms with E-state index in [1.54, 1.807) is 12.1 Å². The summed E-state index contributed by atoms with van der Waals surface area (Å²) < 4.78 is 17.4. The van der Waals surface area contributed by atoms with Gasteiger partial charge in [0.25, 0.3) is 5.95 Å². The fourth-order valence-corrected chi connectivity index (χ4v) is 3.21. The Labute approximate surface area is 163 Å². The van der Waals surface area contributed by atoms with Gasteiger partial charge in [0, 0.05) is 6.07 Å². The highest BCUT2D eigenvalue weighted by Gasteiger charge is 2.44. The highest BCUT2D eigenvalue weighted by atomic mass is 16.6. The maximum Gasteiger partial charge on any atom is 0.284 e. The summed E-state index contributed by atoms with van der Waals surface area (Å²) in [5.41, 5.74) is 1.19. The minimum absolute atomic E-state index is 0.217. The zero-order chi connectivity index (χ0) is 20.5. The van der Waals surface area contributed by atoms with Crippen LogP contribution in [0.2, 0.25) is 0 Å². The van der Waals surface area contributed by atoms with Crippen molar-refractivity contribution in [3.8, 4) is 5.95 Å². The molecular formula is C17H21N5O7. The second-order valence-corrected chi connectivity index (χ2v) is 6.54. The lowest BCUT2D eigenvalue weighted by atomic mass is 9.98. The van der Waals surface area contributed by atoms with E-state index in [2.05, 4.69) is 19.9 Å². The molecule has 12 heteroatoms. The van der Waals surface area contributed by atoms with Crippen molar-refractivity contribution in [2.24, 2.45) is 4.99 Å². The first-order valence-electron chi connectivity index (χ1n) is 8.87. The smallest absolute Gasteiger partial charge is 0.284 e. The Morgan fingerprint density at radius 2 is 2.03 bits per heavy atom. The number of methoxy groups -OCH3 is 1. The van der Waals surface area contributed by atoms with Crippen molar-refractivity contribution in [3.05, 3.63) is 36.0 Å². The fourth-order valence-electron chi connectivity index (χ4n) is 3.21. The number of aromatic amines is 1. The Morgan fingerprint density at radius 1 is 1.21 bits per heavy atom. The van der Waals surface area contributed by atoms with Crippen LogP contribution >= 0.6 is 0 Å². The zero-order valence-electron chi connectivity index (χ0n) is 15.4. The molecule has 0 aliphatic carbocycles. The van der Waals surface area contributed by atoms with Gasteiger partial charge in [-0.1, -0.05) is 0 Å². The molecule has 0 spiro atoms.